The quantitative estimate of drug-likeness (QED) is 0.588. The summed E-state index contributed by atoms with van der Waals surface area (Å²) in [5, 5.41) is 0.223. The van der Waals surface area contributed by atoms with Crippen molar-refractivity contribution in [1.29, 1.82) is 0 Å². The SMILES string of the molecule is CCc1c[c]cc(F)c1Cl. The first kappa shape index (κ1) is 7.55. The number of aryl methyl sites for hydroxylation is 1. The fraction of sp³-hybridized carbons (Fsp3) is 0.250. The maximum atomic E-state index is 12.6. The van der Waals surface area contributed by atoms with Crippen LogP contribution in [0.4, 0.5) is 4.39 Å². The van der Waals surface area contributed by atoms with Crippen LogP contribution < -0.4 is 0 Å². The molecule has 0 amide bonds. The maximum absolute atomic E-state index is 12.6. The second-order valence-corrected chi connectivity index (χ2v) is 2.37. The van der Waals surface area contributed by atoms with E-state index in [0.717, 1.165) is 12.0 Å². The molecule has 0 bridgehead atoms. The molecule has 0 atom stereocenters. The number of halogens is 2. The Labute approximate surface area is 64.6 Å². The van der Waals surface area contributed by atoms with Crippen LogP contribution in [0.15, 0.2) is 12.1 Å². The number of rotatable bonds is 1. The van der Waals surface area contributed by atoms with Gasteiger partial charge in [0, 0.05) is 0 Å². The standard InChI is InChI=1S/C8H7ClF/c1-2-6-4-3-5-7(10)8(6)9/h4-5H,2H2,1H3. The molecule has 1 radical (unpaired) electrons. The van der Waals surface area contributed by atoms with Gasteiger partial charge in [-0.25, -0.2) is 4.39 Å². The predicted molar refractivity (Wildman–Crippen MR) is 39.6 cm³/mol. The highest BCUT2D eigenvalue weighted by Crippen LogP contribution is 2.19. The first-order chi connectivity index (χ1) is 4.75. The van der Waals surface area contributed by atoms with Crippen molar-refractivity contribution in [2.45, 2.75) is 13.3 Å². The highest BCUT2D eigenvalue weighted by atomic mass is 35.5. The van der Waals surface area contributed by atoms with E-state index in [1.165, 1.54) is 6.07 Å². The van der Waals surface area contributed by atoms with Crippen molar-refractivity contribution >= 4 is 11.6 Å². The molecule has 0 aliphatic rings. The molecule has 0 saturated heterocycles. The Morgan fingerprint density at radius 3 is 2.80 bits per heavy atom. The Kier molecular flexibility index (Phi) is 2.28. The van der Waals surface area contributed by atoms with Crippen LogP contribution in [0, 0.1) is 11.9 Å². The van der Waals surface area contributed by atoms with Crippen LogP contribution in [0.2, 0.25) is 5.02 Å². The molecule has 0 fully saturated rings. The molecular formula is C8H7ClF. The van der Waals surface area contributed by atoms with Crippen molar-refractivity contribution in [1.82, 2.24) is 0 Å². The van der Waals surface area contributed by atoms with Crippen molar-refractivity contribution in [2.24, 2.45) is 0 Å². The second kappa shape index (κ2) is 3.02. The summed E-state index contributed by atoms with van der Waals surface area (Å²) < 4.78 is 12.6. The van der Waals surface area contributed by atoms with Crippen molar-refractivity contribution in [3.8, 4) is 0 Å². The molecule has 1 rings (SSSR count). The molecule has 0 nitrogen and oxygen atoms in total. The van der Waals surface area contributed by atoms with Gasteiger partial charge in [-0.15, -0.1) is 0 Å². The van der Waals surface area contributed by atoms with Crippen LogP contribution >= 0.6 is 11.6 Å². The van der Waals surface area contributed by atoms with E-state index >= 15 is 0 Å². The minimum atomic E-state index is -0.388. The van der Waals surface area contributed by atoms with Crippen LogP contribution in [0.5, 0.6) is 0 Å². The van der Waals surface area contributed by atoms with Gasteiger partial charge < -0.3 is 0 Å². The lowest BCUT2D eigenvalue weighted by atomic mass is 10.2. The Bertz CT molecular complexity index is 233. The molecule has 10 heavy (non-hydrogen) atoms. The Morgan fingerprint density at radius 1 is 1.60 bits per heavy atom. The molecular weight excluding hydrogens is 151 g/mol. The highest BCUT2D eigenvalue weighted by Gasteiger charge is 2.01. The van der Waals surface area contributed by atoms with Gasteiger partial charge in [0.25, 0.3) is 0 Å². The molecule has 0 aromatic heterocycles. The highest BCUT2D eigenvalue weighted by molar-refractivity contribution is 6.31. The molecule has 0 aliphatic carbocycles. The second-order valence-electron chi connectivity index (χ2n) is 2.00. The van der Waals surface area contributed by atoms with E-state index in [0.29, 0.717) is 0 Å². The third kappa shape index (κ3) is 1.29. The molecule has 1 aromatic rings. The molecule has 0 saturated carbocycles. The lowest BCUT2D eigenvalue weighted by molar-refractivity contribution is 0.626. The molecule has 0 aliphatic heterocycles. The summed E-state index contributed by atoms with van der Waals surface area (Å²) >= 11 is 5.60. The molecule has 53 valence electrons. The summed E-state index contributed by atoms with van der Waals surface area (Å²) in [6, 6.07) is 5.60. The van der Waals surface area contributed by atoms with Crippen LogP contribution in [-0.2, 0) is 6.42 Å². The summed E-state index contributed by atoms with van der Waals surface area (Å²) in [6.45, 7) is 1.93. The van der Waals surface area contributed by atoms with Gasteiger partial charge in [-0.2, -0.15) is 0 Å². The first-order valence-corrected chi connectivity index (χ1v) is 3.47. The monoisotopic (exact) mass is 157 g/mol. The topological polar surface area (TPSA) is 0 Å². The molecule has 0 N–H and O–H groups in total. The minimum Gasteiger partial charge on any atom is -0.205 e. The fourth-order valence-electron chi connectivity index (χ4n) is 0.753. The number of benzene rings is 1. The van der Waals surface area contributed by atoms with E-state index in [2.05, 4.69) is 6.07 Å². The summed E-state index contributed by atoms with van der Waals surface area (Å²) in [5.74, 6) is -0.388. The van der Waals surface area contributed by atoms with Crippen molar-refractivity contribution in [3.63, 3.8) is 0 Å². The summed E-state index contributed by atoms with van der Waals surface area (Å²) in [7, 11) is 0. The van der Waals surface area contributed by atoms with Crippen LogP contribution in [0.25, 0.3) is 0 Å². The van der Waals surface area contributed by atoms with Gasteiger partial charge in [0.15, 0.2) is 0 Å². The Balaban J connectivity index is 3.14. The third-order valence-corrected chi connectivity index (χ3v) is 1.76. The third-order valence-electron chi connectivity index (χ3n) is 1.34. The largest absolute Gasteiger partial charge is 0.205 e. The molecule has 0 unspecified atom stereocenters. The zero-order chi connectivity index (χ0) is 7.56. The molecule has 2 heteroatoms. The number of hydrogen-bond acceptors (Lipinski definition) is 0. The molecule has 0 heterocycles. The molecule has 0 spiro atoms. The summed E-state index contributed by atoms with van der Waals surface area (Å²) in [5.41, 5.74) is 0.807. The zero-order valence-corrected chi connectivity index (χ0v) is 6.37. The van der Waals surface area contributed by atoms with Crippen LogP contribution in [0.1, 0.15) is 12.5 Å². The average molecular weight is 158 g/mol. The van der Waals surface area contributed by atoms with Crippen LogP contribution in [0.3, 0.4) is 0 Å². The maximum Gasteiger partial charge on any atom is 0.142 e. The lowest BCUT2D eigenvalue weighted by Gasteiger charge is -1.98. The Morgan fingerprint density at radius 2 is 2.30 bits per heavy atom. The zero-order valence-electron chi connectivity index (χ0n) is 5.62. The van der Waals surface area contributed by atoms with E-state index in [-0.39, 0.29) is 10.8 Å². The fourth-order valence-corrected chi connectivity index (χ4v) is 0.996. The minimum absolute atomic E-state index is 0.223. The van der Waals surface area contributed by atoms with Gasteiger partial charge in [-0.05, 0) is 30.2 Å². The Hall–Kier alpha value is -0.560. The van der Waals surface area contributed by atoms with E-state index in [4.69, 9.17) is 11.6 Å². The molecule has 1 aromatic carbocycles. The van der Waals surface area contributed by atoms with Crippen molar-refractivity contribution in [3.05, 3.63) is 34.6 Å². The van der Waals surface area contributed by atoms with Crippen molar-refractivity contribution < 1.29 is 4.39 Å². The van der Waals surface area contributed by atoms with Gasteiger partial charge in [0.2, 0.25) is 0 Å². The summed E-state index contributed by atoms with van der Waals surface area (Å²) in [4.78, 5) is 0. The van der Waals surface area contributed by atoms with Gasteiger partial charge in [0.1, 0.15) is 5.82 Å². The number of hydrogen-bond donors (Lipinski definition) is 0. The lowest BCUT2D eigenvalue weighted by Crippen LogP contribution is -1.84. The van der Waals surface area contributed by atoms with Crippen LogP contribution in [-0.4, -0.2) is 0 Å². The average Bonchev–Trinajstić information content (AvgIpc) is 1.95. The van der Waals surface area contributed by atoms with E-state index < -0.39 is 0 Å². The van der Waals surface area contributed by atoms with E-state index in [9.17, 15) is 4.39 Å². The van der Waals surface area contributed by atoms with Gasteiger partial charge >= 0.3 is 0 Å². The predicted octanol–water partition coefficient (Wildman–Crippen LogP) is 2.84. The first-order valence-electron chi connectivity index (χ1n) is 3.09. The normalized spacial score (nSPS) is 9.90. The van der Waals surface area contributed by atoms with Gasteiger partial charge in [-0.1, -0.05) is 18.5 Å². The van der Waals surface area contributed by atoms with Gasteiger partial charge in [0.05, 0.1) is 5.02 Å². The van der Waals surface area contributed by atoms with E-state index in [1.807, 2.05) is 6.92 Å². The van der Waals surface area contributed by atoms with Gasteiger partial charge in [-0.3, -0.25) is 0 Å². The van der Waals surface area contributed by atoms with Crippen molar-refractivity contribution in [2.75, 3.05) is 0 Å². The van der Waals surface area contributed by atoms with E-state index in [1.54, 1.807) is 6.07 Å². The summed E-state index contributed by atoms with van der Waals surface area (Å²) in [6.07, 6.45) is 0.743. The smallest absolute Gasteiger partial charge is 0.142 e.